The van der Waals surface area contributed by atoms with Crippen LogP contribution in [0.1, 0.15) is 12.5 Å². The van der Waals surface area contributed by atoms with Crippen LogP contribution in [0.2, 0.25) is 0 Å². The van der Waals surface area contributed by atoms with E-state index in [2.05, 4.69) is 15.8 Å². The van der Waals surface area contributed by atoms with Gasteiger partial charge in [0.2, 0.25) is 0 Å². The second-order valence-electron chi connectivity index (χ2n) is 5.20. The molecule has 0 bridgehead atoms. The zero-order chi connectivity index (χ0) is 19.6. The van der Waals surface area contributed by atoms with Crippen molar-refractivity contribution in [2.24, 2.45) is 5.10 Å². The summed E-state index contributed by atoms with van der Waals surface area (Å²) in [6, 6.07) is 12.0. The minimum absolute atomic E-state index is 0.406. The summed E-state index contributed by atoms with van der Waals surface area (Å²) >= 11 is 0. The quantitative estimate of drug-likeness (QED) is 0.442. The highest BCUT2D eigenvalue weighted by Gasteiger charge is 2.15. The zero-order valence-corrected chi connectivity index (χ0v) is 15.3. The largest absolute Gasteiger partial charge is 0.493 e. The molecule has 8 heteroatoms. The van der Waals surface area contributed by atoms with Crippen LogP contribution in [0.25, 0.3) is 0 Å². The van der Waals surface area contributed by atoms with Crippen molar-refractivity contribution >= 4 is 23.7 Å². The first kappa shape index (κ1) is 19.8. The van der Waals surface area contributed by atoms with Crippen molar-refractivity contribution in [3.63, 3.8) is 0 Å². The van der Waals surface area contributed by atoms with Crippen molar-refractivity contribution in [2.75, 3.05) is 26.1 Å². The average molecular weight is 371 g/mol. The lowest BCUT2D eigenvalue weighted by atomic mass is 10.2. The molecule has 0 saturated carbocycles. The Morgan fingerprint density at radius 1 is 1.00 bits per heavy atom. The molecule has 0 aliphatic rings. The number of rotatable bonds is 7. The monoisotopic (exact) mass is 371 g/mol. The van der Waals surface area contributed by atoms with Crippen molar-refractivity contribution in [3.05, 3.63) is 48.0 Å². The highest BCUT2D eigenvalue weighted by molar-refractivity contribution is 6.39. The summed E-state index contributed by atoms with van der Waals surface area (Å²) in [6.07, 6.45) is 1.39. The number of carbonyl (C=O) groups is 2. The van der Waals surface area contributed by atoms with Gasteiger partial charge in [0.1, 0.15) is 5.75 Å². The number of carbonyl (C=O) groups excluding carboxylic acids is 2. The molecular formula is C19H21N3O5. The smallest absolute Gasteiger partial charge is 0.329 e. The number of ether oxygens (including phenoxy) is 3. The first-order chi connectivity index (χ1) is 13.1. The number of nitrogens with one attached hydrogen (secondary N) is 2. The second-order valence-corrected chi connectivity index (χ2v) is 5.20. The molecule has 27 heavy (non-hydrogen) atoms. The molecule has 0 radical (unpaired) electrons. The highest BCUT2D eigenvalue weighted by atomic mass is 16.5. The zero-order valence-electron chi connectivity index (χ0n) is 15.3. The van der Waals surface area contributed by atoms with Crippen LogP contribution in [-0.2, 0) is 9.59 Å². The normalized spacial score (nSPS) is 10.3. The maximum Gasteiger partial charge on any atom is 0.329 e. The van der Waals surface area contributed by atoms with Gasteiger partial charge in [0.05, 0.1) is 32.7 Å². The number of methoxy groups -OCH3 is 2. The van der Waals surface area contributed by atoms with E-state index in [4.69, 9.17) is 14.2 Å². The van der Waals surface area contributed by atoms with Crippen LogP contribution in [0.4, 0.5) is 5.69 Å². The van der Waals surface area contributed by atoms with Crippen LogP contribution in [0.5, 0.6) is 17.2 Å². The van der Waals surface area contributed by atoms with Crippen LogP contribution >= 0.6 is 0 Å². The average Bonchev–Trinajstić information content (AvgIpc) is 2.69. The topological polar surface area (TPSA) is 98.2 Å². The number of hydrazone groups is 1. The Bertz CT molecular complexity index is 836. The molecule has 0 heterocycles. The van der Waals surface area contributed by atoms with Gasteiger partial charge < -0.3 is 19.5 Å². The summed E-state index contributed by atoms with van der Waals surface area (Å²) < 4.78 is 15.7. The summed E-state index contributed by atoms with van der Waals surface area (Å²) in [5, 5.41) is 6.27. The lowest BCUT2D eigenvalue weighted by Gasteiger charge is -2.10. The van der Waals surface area contributed by atoms with E-state index in [0.717, 1.165) is 0 Å². The molecule has 2 rings (SSSR count). The van der Waals surface area contributed by atoms with E-state index in [9.17, 15) is 9.59 Å². The molecule has 0 aliphatic carbocycles. The molecule has 2 amide bonds. The van der Waals surface area contributed by atoms with Crippen molar-refractivity contribution in [1.29, 1.82) is 0 Å². The fourth-order valence-electron chi connectivity index (χ4n) is 2.18. The SMILES string of the molecule is CCOc1ccccc1NC(=O)C(=O)N/N=C\c1ccc(OC)c(OC)c1. The van der Waals surface area contributed by atoms with Crippen LogP contribution in [0.3, 0.4) is 0 Å². The van der Waals surface area contributed by atoms with E-state index in [1.165, 1.54) is 20.4 Å². The van der Waals surface area contributed by atoms with E-state index in [1.807, 2.05) is 6.92 Å². The Morgan fingerprint density at radius 3 is 2.44 bits per heavy atom. The Balaban J connectivity index is 1.97. The van der Waals surface area contributed by atoms with E-state index < -0.39 is 11.8 Å². The summed E-state index contributed by atoms with van der Waals surface area (Å²) in [5.74, 6) is -0.177. The highest BCUT2D eigenvalue weighted by Crippen LogP contribution is 2.27. The molecule has 0 aliphatic heterocycles. The Kier molecular flexibility index (Phi) is 7.18. The number of amides is 2. The number of hydrogen-bond donors (Lipinski definition) is 2. The molecule has 8 nitrogen and oxygen atoms in total. The molecule has 0 fully saturated rings. The Hall–Kier alpha value is -3.55. The Morgan fingerprint density at radius 2 is 1.74 bits per heavy atom. The van der Waals surface area contributed by atoms with Gasteiger partial charge in [0, 0.05) is 0 Å². The predicted molar refractivity (Wildman–Crippen MR) is 102 cm³/mol. The van der Waals surface area contributed by atoms with Crippen LogP contribution < -0.4 is 25.0 Å². The van der Waals surface area contributed by atoms with Gasteiger partial charge in [-0.25, -0.2) is 5.43 Å². The van der Waals surface area contributed by atoms with Gasteiger partial charge >= 0.3 is 11.8 Å². The first-order valence-electron chi connectivity index (χ1n) is 8.17. The second kappa shape index (κ2) is 9.81. The molecule has 0 aromatic heterocycles. The van der Waals surface area contributed by atoms with Gasteiger partial charge in [0.15, 0.2) is 11.5 Å². The maximum absolute atomic E-state index is 12.0. The minimum atomic E-state index is -0.905. The van der Waals surface area contributed by atoms with Crippen molar-refractivity contribution in [3.8, 4) is 17.2 Å². The first-order valence-corrected chi connectivity index (χ1v) is 8.17. The van der Waals surface area contributed by atoms with E-state index in [0.29, 0.717) is 35.1 Å². The van der Waals surface area contributed by atoms with E-state index in [1.54, 1.807) is 42.5 Å². The molecule has 0 unspecified atom stereocenters. The molecule has 0 spiro atoms. The number of hydrogen-bond acceptors (Lipinski definition) is 6. The fraction of sp³-hybridized carbons (Fsp3) is 0.211. The third-order valence-corrected chi connectivity index (χ3v) is 3.43. The molecule has 0 saturated heterocycles. The third-order valence-electron chi connectivity index (χ3n) is 3.43. The van der Waals surface area contributed by atoms with Gasteiger partial charge in [-0.1, -0.05) is 12.1 Å². The molecule has 2 aromatic carbocycles. The van der Waals surface area contributed by atoms with Gasteiger partial charge in [-0.2, -0.15) is 5.10 Å². The van der Waals surface area contributed by atoms with Crippen LogP contribution in [-0.4, -0.2) is 38.9 Å². The summed E-state index contributed by atoms with van der Waals surface area (Å²) in [6.45, 7) is 2.27. The van der Waals surface area contributed by atoms with E-state index in [-0.39, 0.29) is 0 Å². The van der Waals surface area contributed by atoms with Crippen LogP contribution in [0.15, 0.2) is 47.6 Å². The fourth-order valence-corrected chi connectivity index (χ4v) is 2.18. The standard InChI is InChI=1S/C19H21N3O5/c1-4-27-15-8-6-5-7-14(15)21-18(23)19(24)22-20-12-13-9-10-16(25-2)17(11-13)26-3/h5-12H,4H2,1-3H3,(H,21,23)(H,22,24)/b20-12-. The van der Waals surface area contributed by atoms with Gasteiger partial charge in [-0.05, 0) is 42.8 Å². The van der Waals surface area contributed by atoms with Crippen molar-refractivity contribution in [2.45, 2.75) is 6.92 Å². The molecule has 0 atom stereocenters. The minimum Gasteiger partial charge on any atom is -0.493 e. The molecule has 142 valence electrons. The number of benzene rings is 2. The summed E-state index contributed by atoms with van der Waals surface area (Å²) in [4.78, 5) is 23.9. The molecule has 2 aromatic rings. The lowest BCUT2D eigenvalue weighted by Crippen LogP contribution is -2.32. The maximum atomic E-state index is 12.0. The summed E-state index contributed by atoms with van der Waals surface area (Å²) in [5.41, 5.74) is 3.24. The molecular weight excluding hydrogens is 350 g/mol. The third kappa shape index (κ3) is 5.46. The van der Waals surface area contributed by atoms with E-state index >= 15 is 0 Å². The van der Waals surface area contributed by atoms with Gasteiger partial charge in [-0.15, -0.1) is 0 Å². The van der Waals surface area contributed by atoms with Gasteiger partial charge in [-0.3, -0.25) is 9.59 Å². The van der Waals surface area contributed by atoms with Gasteiger partial charge in [0.25, 0.3) is 0 Å². The van der Waals surface area contributed by atoms with Crippen molar-refractivity contribution < 1.29 is 23.8 Å². The number of nitrogens with zero attached hydrogens (tertiary/aromatic N) is 1. The predicted octanol–water partition coefficient (Wildman–Crippen LogP) is 2.19. The number of anilines is 1. The molecule has 2 N–H and O–H groups in total. The van der Waals surface area contributed by atoms with Crippen LogP contribution in [0, 0.1) is 0 Å². The van der Waals surface area contributed by atoms with Crippen molar-refractivity contribution in [1.82, 2.24) is 5.43 Å². The number of para-hydroxylation sites is 2. The summed E-state index contributed by atoms with van der Waals surface area (Å²) in [7, 11) is 3.05. The lowest BCUT2D eigenvalue weighted by molar-refractivity contribution is -0.136. The Labute approximate surface area is 157 Å².